The lowest BCUT2D eigenvalue weighted by atomic mass is 10.0. The molecule has 0 unspecified atom stereocenters. The molecule has 31 heavy (non-hydrogen) atoms. The van der Waals surface area contributed by atoms with Crippen LogP contribution in [0.5, 0.6) is 0 Å². The molecular weight excluding hydrogens is 414 g/mol. The Morgan fingerprint density at radius 1 is 1.23 bits per heavy atom. The summed E-state index contributed by atoms with van der Waals surface area (Å²) in [6.45, 7) is 7.99. The smallest absolute Gasteiger partial charge is 0.226 e. The van der Waals surface area contributed by atoms with Crippen molar-refractivity contribution in [2.24, 2.45) is 5.92 Å². The third kappa shape index (κ3) is 6.43. The van der Waals surface area contributed by atoms with Crippen molar-refractivity contribution in [2.45, 2.75) is 65.0 Å². The van der Waals surface area contributed by atoms with Gasteiger partial charge in [-0.05, 0) is 56.4 Å². The molecule has 1 saturated heterocycles. The molecule has 1 aromatic carbocycles. The molecule has 7 heteroatoms. The molecule has 6 nitrogen and oxygen atoms in total. The highest BCUT2D eigenvalue weighted by Crippen LogP contribution is 2.29. The summed E-state index contributed by atoms with van der Waals surface area (Å²) in [5.74, 6) is 0.558. The van der Waals surface area contributed by atoms with Crippen molar-refractivity contribution in [1.82, 2.24) is 9.80 Å². The molecule has 2 amide bonds. The molecule has 3 rings (SSSR count). The SMILES string of the molecule is COCCCC(=O)Nc1cc(Cl)cc(CN2CCN(C(=O)C3CCCC3)[C@@H](C)C2)c1C. The lowest BCUT2D eigenvalue weighted by Crippen LogP contribution is -2.54. The molecule has 1 aliphatic carbocycles. The first-order valence-electron chi connectivity index (χ1n) is 11.5. The molecule has 1 atom stereocenters. The molecule has 1 aliphatic heterocycles. The van der Waals surface area contributed by atoms with Gasteiger partial charge in [0.1, 0.15) is 0 Å². The van der Waals surface area contributed by atoms with Crippen LogP contribution in [0.3, 0.4) is 0 Å². The van der Waals surface area contributed by atoms with E-state index in [1.54, 1.807) is 7.11 Å². The fourth-order valence-corrected chi connectivity index (χ4v) is 5.01. The summed E-state index contributed by atoms with van der Waals surface area (Å²) in [5.41, 5.74) is 2.93. The number of hydrogen-bond donors (Lipinski definition) is 1. The highest BCUT2D eigenvalue weighted by Gasteiger charge is 2.33. The van der Waals surface area contributed by atoms with E-state index in [9.17, 15) is 9.59 Å². The largest absolute Gasteiger partial charge is 0.385 e. The minimum Gasteiger partial charge on any atom is -0.385 e. The van der Waals surface area contributed by atoms with Crippen LogP contribution in [0.15, 0.2) is 12.1 Å². The maximum atomic E-state index is 12.9. The van der Waals surface area contributed by atoms with Crippen molar-refractivity contribution < 1.29 is 14.3 Å². The zero-order valence-electron chi connectivity index (χ0n) is 19.1. The summed E-state index contributed by atoms with van der Waals surface area (Å²) in [7, 11) is 1.64. The van der Waals surface area contributed by atoms with E-state index in [1.165, 1.54) is 12.8 Å². The number of carbonyl (C=O) groups excluding carboxylic acids is 2. The number of amides is 2. The van der Waals surface area contributed by atoms with Crippen LogP contribution in [-0.2, 0) is 20.9 Å². The number of methoxy groups -OCH3 is 1. The molecule has 1 heterocycles. The van der Waals surface area contributed by atoms with Crippen LogP contribution in [0, 0.1) is 12.8 Å². The molecule has 0 radical (unpaired) electrons. The predicted molar refractivity (Wildman–Crippen MR) is 124 cm³/mol. The monoisotopic (exact) mass is 449 g/mol. The second kappa shape index (κ2) is 11.3. The normalized spacial score (nSPS) is 20.3. The van der Waals surface area contributed by atoms with Gasteiger partial charge in [0, 0.05) is 69.0 Å². The zero-order chi connectivity index (χ0) is 22.4. The summed E-state index contributed by atoms with van der Waals surface area (Å²) in [6, 6.07) is 4.01. The zero-order valence-corrected chi connectivity index (χ0v) is 19.8. The van der Waals surface area contributed by atoms with Crippen LogP contribution in [-0.4, -0.2) is 61.0 Å². The van der Waals surface area contributed by atoms with Gasteiger partial charge in [-0.1, -0.05) is 24.4 Å². The van der Waals surface area contributed by atoms with Crippen molar-refractivity contribution in [3.63, 3.8) is 0 Å². The fourth-order valence-electron chi connectivity index (χ4n) is 4.77. The lowest BCUT2D eigenvalue weighted by Gasteiger charge is -2.41. The van der Waals surface area contributed by atoms with Crippen LogP contribution in [0.25, 0.3) is 0 Å². The maximum absolute atomic E-state index is 12.9. The maximum Gasteiger partial charge on any atom is 0.226 e. The van der Waals surface area contributed by atoms with Gasteiger partial charge >= 0.3 is 0 Å². The van der Waals surface area contributed by atoms with Gasteiger partial charge in [0.05, 0.1) is 0 Å². The fraction of sp³-hybridized carbons (Fsp3) is 0.667. The molecule has 1 saturated carbocycles. The van der Waals surface area contributed by atoms with E-state index in [1.807, 2.05) is 19.1 Å². The standard InChI is InChI=1S/C24H36ClN3O3/c1-17-15-27(10-11-28(17)24(30)19-7-4-5-8-19)16-20-13-21(25)14-22(18(20)2)26-23(29)9-6-12-31-3/h13-14,17,19H,4-12,15-16H2,1-3H3,(H,26,29)/t17-/m0/s1. The average molecular weight is 450 g/mol. The number of benzene rings is 1. The predicted octanol–water partition coefficient (Wildman–Crippen LogP) is 4.24. The topological polar surface area (TPSA) is 61.9 Å². The Morgan fingerprint density at radius 2 is 1.97 bits per heavy atom. The number of hydrogen-bond acceptors (Lipinski definition) is 4. The van der Waals surface area contributed by atoms with Crippen molar-refractivity contribution in [1.29, 1.82) is 0 Å². The Hall–Kier alpha value is -1.63. The first-order valence-corrected chi connectivity index (χ1v) is 11.9. The number of rotatable bonds is 8. The summed E-state index contributed by atoms with van der Waals surface area (Å²) in [5, 5.41) is 3.62. The molecular formula is C24H36ClN3O3. The van der Waals surface area contributed by atoms with E-state index >= 15 is 0 Å². The third-order valence-corrected chi connectivity index (χ3v) is 6.82. The highest BCUT2D eigenvalue weighted by atomic mass is 35.5. The quantitative estimate of drug-likeness (QED) is 0.603. The van der Waals surface area contributed by atoms with Gasteiger partial charge in [0.25, 0.3) is 0 Å². The van der Waals surface area contributed by atoms with Gasteiger partial charge in [-0.3, -0.25) is 14.5 Å². The summed E-state index contributed by atoms with van der Waals surface area (Å²) in [4.78, 5) is 29.6. The van der Waals surface area contributed by atoms with Gasteiger partial charge in [-0.2, -0.15) is 0 Å². The Bertz CT molecular complexity index is 780. The Morgan fingerprint density at radius 3 is 2.65 bits per heavy atom. The van der Waals surface area contributed by atoms with E-state index in [-0.39, 0.29) is 17.9 Å². The molecule has 0 spiro atoms. The number of halogens is 1. The molecule has 1 aromatic rings. The number of carbonyl (C=O) groups is 2. The van der Waals surface area contributed by atoms with E-state index in [4.69, 9.17) is 16.3 Å². The second-order valence-electron chi connectivity index (χ2n) is 8.98. The number of nitrogens with zero attached hydrogens (tertiary/aromatic N) is 2. The van der Waals surface area contributed by atoms with Crippen molar-refractivity contribution in [2.75, 3.05) is 38.7 Å². The summed E-state index contributed by atoms with van der Waals surface area (Å²) < 4.78 is 5.02. The van der Waals surface area contributed by atoms with Gasteiger partial charge in [-0.15, -0.1) is 0 Å². The van der Waals surface area contributed by atoms with Gasteiger partial charge < -0.3 is 15.0 Å². The average Bonchev–Trinajstić information content (AvgIpc) is 3.26. The summed E-state index contributed by atoms with van der Waals surface area (Å²) >= 11 is 6.37. The van der Waals surface area contributed by atoms with Crippen molar-refractivity contribution in [3.8, 4) is 0 Å². The minimum atomic E-state index is -0.0268. The van der Waals surface area contributed by atoms with E-state index < -0.39 is 0 Å². The second-order valence-corrected chi connectivity index (χ2v) is 9.42. The molecule has 0 aromatic heterocycles. The van der Waals surface area contributed by atoms with Gasteiger partial charge in [0.15, 0.2) is 0 Å². The van der Waals surface area contributed by atoms with Crippen LogP contribution in [0.4, 0.5) is 5.69 Å². The van der Waals surface area contributed by atoms with Crippen molar-refractivity contribution >= 4 is 29.1 Å². The van der Waals surface area contributed by atoms with Crippen LogP contribution < -0.4 is 5.32 Å². The Labute approximate surface area is 191 Å². The highest BCUT2D eigenvalue weighted by molar-refractivity contribution is 6.31. The van der Waals surface area contributed by atoms with Crippen molar-refractivity contribution in [3.05, 3.63) is 28.3 Å². The third-order valence-electron chi connectivity index (χ3n) is 6.60. The molecule has 2 aliphatic rings. The molecule has 1 N–H and O–H groups in total. The Balaban J connectivity index is 1.60. The molecule has 172 valence electrons. The van der Waals surface area contributed by atoms with E-state index in [2.05, 4.69) is 22.0 Å². The number of anilines is 1. The minimum absolute atomic E-state index is 0.0268. The van der Waals surface area contributed by atoms with E-state index in [0.717, 1.165) is 55.8 Å². The van der Waals surface area contributed by atoms with Gasteiger partial charge in [-0.25, -0.2) is 0 Å². The first-order chi connectivity index (χ1) is 14.9. The number of ether oxygens (including phenoxy) is 1. The Kier molecular flexibility index (Phi) is 8.76. The van der Waals surface area contributed by atoms with Crippen LogP contribution >= 0.6 is 11.6 Å². The lowest BCUT2D eigenvalue weighted by molar-refractivity contribution is -0.140. The van der Waals surface area contributed by atoms with Crippen LogP contribution in [0.2, 0.25) is 5.02 Å². The molecule has 0 bridgehead atoms. The van der Waals surface area contributed by atoms with Gasteiger partial charge in [0.2, 0.25) is 11.8 Å². The summed E-state index contributed by atoms with van der Waals surface area (Å²) in [6.07, 6.45) is 5.58. The van der Waals surface area contributed by atoms with Crippen LogP contribution in [0.1, 0.15) is 56.6 Å². The van der Waals surface area contributed by atoms with E-state index in [0.29, 0.717) is 30.4 Å². The molecule has 2 fully saturated rings. The first kappa shape index (κ1) is 24.0. The number of piperazine rings is 1. The number of nitrogens with one attached hydrogen (secondary N) is 1.